The smallest absolute Gasteiger partial charge is 0.124 e. The predicted molar refractivity (Wildman–Crippen MR) is 71.4 cm³/mol. The molecule has 0 saturated carbocycles. The summed E-state index contributed by atoms with van der Waals surface area (Å²) in [6.07, 6.45) is 2.94. The fraction of sp³-hybridized carbons (Fsp3) is 0.364. The van der Waals surface area contributed by atoms with E-state index in [9.17, 15) is 0 Å². The molecule has 0 amide bonds. The van der Waals surface area contributed by atoms with Crippen molar-refractivity contribution in [2.24, 2.45) is 0 Å². The molecule has 2 rings (SSSR count). The van der Waals surface area contributed by atoms with Crippen LogP contribution in [0.3, 0.4) is 0 Å². The molecular formula is C11H16ClN3S. The van der Waals surface area contributed by atoms with Gasteiger partial charge in [0.2, 0.25) is 0 Å². The molecule has 3 nitrogen and oxygen atoms in total. The molecule has 0 aliphatic heterocycles. The lowest BCUT2D eigenvalue weighted by molar-refractivity contribution is 0.607. The van der Waals surface area contributed by atoms with E-state index in [4.69, 9.17) is 0 Å². The highest BCUT2D eigenvalue weighted by Crippen LogP contribution is 2.11. The first-order valence-corrected chi connectivity index (χ1v) is 6.11. The number of aromatic nitrogens is 2. The first-order valence-electron chi connectivity index (χ1n) is 5.17. The zero-order valence-corrected chi connectivity index (χ0v) is 10.9. The van der Waals surface area contributed by atoms with Gasteiger partial charge in [-0.15, -0.1) is 12.4 Å². The molecule has 0 saturated heterocycles. The minimum Gasteiger partial charge on any atom is -0.366 e. The van der Waals surface area contributed by atoms with Crippen LogP contribution in [0.15, 0.2) is 29.1 Å². The van der Waals surface area contributed by atoms with Crippen LogP contribution in [0.5, 0.6) is 0 Å². The molecule has 2 heterocycles. The van der Waals surface area contributed by atoms with Crippen LogP contribution in [0.4, 0.5) is 5.82 Å². The molecule has 0 unspecified atom stereocenters. The van der Waals surface area contributed by atoms with Crippen LogP contribution in [0.1, 0.15) is 18.9 Å². The van der Waals surface area contributed by atoms with Gasteiger partial charge >= 0.3 is 0 Å². The van der Waals surface area contributed by atoms with Crippen molar-refractivity contribution in [1.82, 2.24) is 9.78 Å². The van der Waals surface area contributed by atoms with Crippen LogP contribution in [0.25, 0.3) is 0 Å². The Kier molecular flexibility index (Phi) is 5.35. The molecule has 1 N–H and O–H groups in total. The molecule has 16 heavy (non-hydrogen) atoms. The average Bonchev–Trinajstić information content (AvgIpc) is 2.85. The van der Waals surface area contributed by atoms with Gasteiger partial charge in [0.15, 0.2) is 0 Å². The minimum absolute atomic E-state index is 0. The first-order chi connectivity index (χ1) is 7.40. The maximum absolute atomic E-state index is 4.26. The zero-order valence-electron chi connectivity index (χ0n) is 9.22. The number of nitrogens with one attached hydrogen (secondary N) is 1. The van der Waals surface area contributed by atoms with Crippen molar-refractivity contribution in [3.63, 3.8) is 0 Å². The number of thiophene rings is 1. The van der Waals surface area contributed by atoms with Gasteiger partial charge in [0.1, 0.15) is 5.82 Å². The van der Waals surface area contributed by atoms with E-state index in [2.05, 4.69) is 34.2 Å². The number of rotatable bonds is 5. The zero-order chi connectivity index (χ0) is 10.5. The van der Waals surface area contributed by atoms with Gasteiger partial charge in [-0.05, 0) is 28.8 Å². The van der Waals surface area contributed by atoms with Crippen molar-refractivity contribution in [3.05, 3.63) is 34.7 Å². The Labute approximate surface area is 106 Å². The highest BCUT2D eigenvalue weighted by atomic mass is 35.5. The first kappa shape index (κ1) is 13.1. The second-order valence-corrected chi connectivity index (χ2v) is 4.20. The maximum Gasteiger partial charge on any atom is 0.124 e. The molecule has 88 valence electrons. The SMILES string of the molecule is CCCn1nccc1NCc1ccsc1.Cl. The van der Waals surface area contributed by atoms with Crippen LogP contribution >= 0.6 is 23.7 Å². The van der Waals surface area contributed by atoms with Crippen molar-refractivity contribution < 1.29 is 0 Å². The van der Waals surface area contributed by atoms with Crippen LogP contribution in [0.2, 0.25) is 0 Å². The lowest BCUT2D eigenvalue weighted by Gasteiger charge is -2.07. The summed E-state index contributed by atoms with van der Waals surface area (Å²) in [5, 5.41) is 11.9. The molecule has 0 atom stereocenters. The van der Waals surface area contributed by atoms with E-state index in [-0.39, 0.29) is 12.4 Å². The van der Waals surface area contributed by atoms with Crippen LogP contribution < -0.4 is 5.32 Å². The Morgan fingerprint density at radius 2 is 2.31 bits per heavy atom. The topological polar surface area (TPSA) is 29.9 Å². The van der Waals surface area contributed by atoms with E-state index in [1.807, 2.05) is 16.9 Å². The standard InChI is InChI=1S/C11H15N3S.ClH/c1-2-6-14-11(3-5-13-14)12-8-10-4-7-15-9-10;/h3-5,7,9,12H,2,6,8H2,1H3;1H. The van der Waals surface area contributed by atoms with Gasteiger partial charge in [0, 0.05) is 19.2 Å². The van der Waals surface area contributed by atoms with E-state index in [0.29, 0.717) is 0 Å². The molecule has 5 heteroatoms. The monoisotopic (exact) mass is 257 g/mol. The maximum atomic E-state index is 4.26. The number of anilines is 1. The largest absolute Gasteiger partial charge is 0.366 e. The molecule has 2 aromatic heterocycles. The number of nitrogens with zero attached hydrogens (tertiary/aromatic N) is 2. The van der Waals surface area contributed by atoms with E-state index in [0.717, 1.165) is 25.3 Å². The van der Waals surface area contributed by atoms with Gasteiger partial charge in [0.05, 0.1) is 6.20 Å². The van der Waals surface area contributed by atoms with Crippen molar-refractivity contribution in [2.45, 2.75) is 26.4 Å². The summed E-state index contributed by atoms with van der Waals surface area (Å²) in [7, 11) is 0. The summed E-state index contributed by atoms with van der Waals surface area (Å²) in [5.41, 5.74) is 1.32. The number of hydrogen-bond donors (Lipinski definition) is 1. The Balaban J connectivity index is 0.00000128. The third-order valence-corrected chi connectivity index (χ3v) is 2.94. The van der Waals surface area contributed by atoms with E-state index in [1.165, 1.54) is 5.56 Å². The van der Waals surface area contributed by atoms with Crippen molar-refractivity contribution in [3.8, 4) is 0 Å². The van der Waals surface area contributed by atoms with Gasteiger partial charge in [-0.3, -0.25) is 0 Å². The highest BCUT2D eigenvalue weighted by Gasteiger charge is 2.00. The second-order valence-electron chi connectivity index (χ2n) is 3.42. The van der Waals surface area contributed by atoms with E-state index < -0.39 is 0 Å². The van der Waals surface area contributed by atoms with Gasteiger partial charge in [-0.1, -0.05) is 6.92 Å². The molecule has 0 spiro atoms. The minimum atomic E-state index is 0. The third kappa shape index (κ3) is 3.25. The lowest BCUT2D eigenvalue weighted by Crippen LogP contribution is -2.07. The fourth-order valence-electron chi connectivity index (χ4n) is 1.46. The normalized spacial score (nSPS) is 9.81. The molecule has 0 aliphatic rings. The molecule has 0 bridgehead atoms. The van der Waals surface area contributed by atoms with Gasteiger partial charge in [-0.2, -0.15) is 16.4 Å². The Morgan fingerprint density at radius 3 is 3.00 bits per heavy atom. The summed E-state index contributed by atoms with van der Waals surface area (Å²) in [6.45, 7) is 4.00. The van der Waals surface area contributed by atoms with Crippen LogP contribution in [-0.2, 0) is 13.1 Å². The quantitative estimate of drug-likeness (QED) is 0.890. The molecular weight excluding hydrogens is 242 g/mol. The van der Waals surface area contributed by atoms with Gasteiger partial charge < -0.3 is 5.32 Å². The number of hydrogen-bond acceptors (Lipinski definition) is 3. The second kappa shape index (κ2) is 6.55. The average molecular weight is 258 g/mol. The summed E-state index contributed by atoms with van der Waals surface area (Å²) in [5.74, 6) is 1.10. The number of aryl methyl sites for hydroxylation is 1. The number of halogens is 1. The van der Waals surface area contributed by atoms with Gasteiger partial charge in [0.25, 0.3) is 0 Å². The summed E-state index contributed by atoms with van der Waals surface area (Å²) < 4.78 is 2.01. The Hall–Kier alpha value is -1.00. The van der Waals surface area contributed by atoms with Crippen LogP contribution in [0, 0.1) is 0 Å². The molecule has 0 radical (unpaired) electrons. The summed E-state index contributed by atoms with van der Waals surface area (Å²) in [4.78, 5) is 0. The molecule has 0 aliphatic carbocycles. The Morgan fingerprint density at radius 1 is 1.44 bits per heavy atom. The van der Waals surface area contributed by atoms with Crippen molar-refractivity contribution in [2.75, 3.05) is 5.32 Å². The Bertz CT molecular complexity index is 397. The van der Waals surface area contributed by atoms with Crippen molar-refractivity contribution >= 4 is 29.6 Å². The van der Waals surface area contributed by atoms with Gasteiger partial charge in [-0.25, -0.2) is 4.68 Å². The highest BCUT2D eigenvalue weighted by molar-refractivity contribution is 7.07. The summed E-state index contributed by atoms with van der Waals surface area (Å²) >= 11 is 1.73. The molecule has 2 aromatic rings. The predicted octanol–water partition coefficient (Wildman–Crippen LogP) is 3.39. The fourth-order valence-corrected chi connectivity index (χ4v) is 2.13. The molecule has 0 aromatic carbocycles. The third-order valence-electron chi connectivity index (χ3n) is 2.21. The molecule has 0 fully saturated rings. The lowest BCUT2D eigenvalue weighted by atomic mass is 10.3. The van der Waals surface area contributed by atoms with E-state index >= 15 is 0 Å². The van der Waals surface area contributed by atoms with E-state index in [1.54, 1.807) is 11.3 Å². The van der Waals surface area contributed by atoms with Crippen molar-refractivity contribution in [1.29, 1.82) is 0 Å². The van der Waals surface area contributed by atoms with Crippen LogP contribution in [-0.4, -0.2) is 9.78 Å². The summed E-state index contributed by atoms with van der Waals surface area (Å²) in [6, 6.07) is 4.15.